The molecule has 1 aromatic heterocycles. The molecule has 0 bridgehead atoms. The number of carboxylic acids is 1. The Bertz CT molecular complexity index is 728. The molecule has 24 heavy (non-hydrogen) atoms. The maximum absolute atomic E-state index is 11.5. The number of piperazine rings is 1. The molecule has 0 radical (unpaired) electrons. The molecule has 9 heteroatoms. The fourth-order valence-electron chi connectivity index (χ4n) is 2.70. The van der Waals surface area contributed by atoms with Crippen molar-refractivity contribution >= 4 is 23.4 Å². The number of nitrogens with zero attached hydrogens (tertiary/aromatic N) is 5. The van der Waals surface area contributed by atoms with Crippen LogP contribution in [0.5, 0.6) is 0 Å². The minimum absolute atomic E-state index is 0.0921. The number of aromatic carboxylic acids is 1. The maximum Gasteiger partial charge on any atom is 0.360 e. The zero-order valence-electron chi connectivity index (χ0n) is 13.0. The highest BCUT2D eigenvalue weighted by molar-refractivity contribution is 6.32. The molecule has 0 amide bonds. The monoisotopic (exact) mass is 351 g/mol. The summed E-state index contributed by atoms with van der Waals surface area (Å²) >= 11 is 6.15. The number of aromatic nitrogens is 3. The number of carbonyl (C=O) groups is 1. The third-order valence-corrected chi connectivity index (χ3v) is 4.27. The second kappa shape index (κ2) is 7.16. The molecular weight excluding hydrogens is 334 g/mol. The predicted octanol–water partition coefficient (Wildman–Crippen LogP) is 0.733. The molecule has 128 valence electrons. The summed E-state index contributed by atoms with van der Waals surface area (Å²) in [4.78, 5) is 16.8. The number of benzene rings is 1. The Kier molecular flexibility index (Phi) is 4.98. The molecule has 0 unspecified atom stereocenters. The van der Waals surface area contributed by atoms with Crippen LogP contribution in [-0.2, 0) is 0 Å². The zero-order chi connectivity index (χ0) is 17.1. The number of aliphatic hydroxyl groups excluding tert-OH is 1. The molecule has 1 aromatic carbocycles. The standard InChI is InChI=1S/C15H18ClN5O3/c16-11-3-1-2-4-12(11)21-17-13(15(23)24)14(18-21)20-7-5-19(6-8-20)9-10-22/h1-4,22H,5-10H2,(H,23,24). The van der Waals surface area contributed by atoms with Crippen molar-refractivity contribution < 1.29 is 15.0 Å². The lowest BCUT2D eigenvalue weighted by atomic mass is 10.3. The number of β-amino-alcohol motifs (C(OH)–C–C–N with tert-alkyl or cyclic N) is 1. The van der Waals surface area contributed by atoms with Crippen LogP contribution in [0.15, 0.2) is 24.3 Å². The van der Waals surface area contributed by atoms with Gasteiger partial charge in [-0.3, -0.25) is 4.90 Å². The van der Waals surface area contributed by atoms with Crippen LogP contribution in [0.1, 0.15) is 10.5 Å². The van der Waals surface area contributed by atoms with Crippen LogP contribution in [0.4, 0.5) is 5.82 Å². The Balaban J connectivity index is 1.88. The summed E-state index contributed by atoms with van der Waals surface area (Å²) < 4.78 is 0. The summed E-state index contributed by atoms with van der Waals surface area (Å²) in [6.45, 7) is 3.45. The Hall–Kier alpha value is -2.16. The van der Waals surface area contributed by atoms with E-state index in [4.69, 9.17) is 16.7 Å². The van der Waals surface area contributed by atoms with Crippen LogP contribution in [0.3, 0.4) is 0 Å². The van der Waals surface area contributed by atoms with E-state index in [1.807, 2.05) is 4.90 Å². The van der Waals surface area contributed by atoms with E-state index in [2.05, 4.69) is 15.1 Å². The number of para-hydroxylation sites is 1. The lowest BCUT2D eigenvalue weighted by molar-refractivity contribution is 0.0690. The molecule has 1 aliphatic rings. The molecule has 0 atom stereocenters. The molecule has 8 nitrogen and oxygen atoms in total. The van der Waals surface area contributed by atoms with Crippen LogP contribution < -0.4 is 4.90 Å². The maximum atomic E-state index is 11.5. The van der Waals surface area contributed by atoms with Crippen molar-refractivity contribution in [3.05, 3.63) is 35.0 Å². The number of halogens is 1. The number of hydrogen-bond donors (Lipinski definition) is 2. The van der Waals surface area contributed by atoms with E-state index in [0.717, 1.165) is 13.1 Å². The summed E-state index contributed by atoms with van der Waals surface area (Å²) in [5.41, 5.74) is 0.442. The van der Waals surface area contributed by atoms with Gasteiger partial charge in [0.15, 0.2) is 5.82 Å². The lowest BCUT2D eigenvalue weighted by Crippen LogP contribution is -2.47. The first-order valence-electron chi connectivity index (χ1n) is 7.64. The van der Waals surface area contributed by atoms with E-state index in [1.54, 1.807) is 24.3 Å². The summed E-state index contributed by atoms with van der Waals surface area (Å²) in [5.74, 6) is -0.785. The Morgan fingerprint density at radius 2 is 1.88 bits per heavy atom. The SMILES string of the molecule is O=C(O)c1nn(-c2ccccc2Cl)nc1N1CCN(CCO)CC1. The third kappa shape index (κ3) is 3.35. The van der Waals surface area contributed by atoms with Crippen LogP contribution in [-0.4, -0.2) is 75.4 Å². The first-order valence-corrected chi connectivity index (χ1v) is 8.01. The van der Waals surface area contributed by atoms with Gasteiger partial charge in [0.2, 0.25) is 5.69 Å². The van der Waals surface area contributed by atoms with Gasteiger partial charge >= 0.3 is 5.97 Å². The fourth-order valence-corrected chi connectivity index (χ4v) is 2.91. The van der Waals surface area contributed by atoms with Gasteiger partial charge in [0.05, 0.1) is 11.6 Å². The molecule has 0 aliphatic carbocycles. The van der Waals surface area contributed by atoms with Gasteiger partial charge in [0.1, 0.15) is 5.69 Å². The topological polar surface area (TPSA) is 94.7 Å². The molecule has 1 saturated heterocycles. The van der Waals surface area contributed by atoms with E-state index < -0.39 is 5.97 Å². The van der Waals surface area contributed by atoms with Crippen LogP contribution in [0.2, 0.25) is 5.02 Å². The highest BCUT2D eigenvalue weighted by atomic mass is 35.5. The minimum atomic E-state index is -1.12. The second-order valence-corrected chi connectivity index (χ2v) is 5.88. The predicted molar refractivity (Wildman–Crippen MR) is 89.1 cm³/mol. The molecule has 1 fully saturated rings. The second-order valence-electron chi connectivity index (χ2n) is 5.47. The molecule has 0 saturated carbocycles. The number of hydrogen-bond acceptors (Lipinski definition) is 6. The van der Waals surface area contributed by atoms with E-state index in [1.165, 1.54) is 4.80 Å². The molecule has 1 aliphatic heterocycles. The largest absolute Gasteiger partial charge is 0.476 e. The van der Waals surface area contributed by atoms with Gasteiger partial charge in [-0.1, -0.05) is 23.7 Å². The normalized spacial score (nSPS) is 15.7. The van der Waals surface area contributed by atoms with Crippen molar-refractivity contribution in [2.75, 3.05) is 44.2 Å². The quantitative estimate of drug-likeness (QED) is 0.820. The van der Waals surface area contributed by atoms with Crippen molar-refractivity contribution in [1.82, 2.24) is 19.9 Å². The van der Waals surface area contributed by atoms with Gasteiger partial charge in [-0.05, 0) is 12.1 Å². The van der Waals surface area contributed by atoms with E-state index in [0.29, 0.717) is 36.2 Å². The van der Waals surface area contributed by atoms with Crippen molar-refractivity contribution in [3.8, 4) is 5.69 Å². The average Bonchev–Trinajstić information content (AvgIpc) is 3.02. The smallest absolute Gasteiger partial charge is 0.360 e. The summed E-state index contributed by atoms with van der Waals surface area (Å²) in [7, 11) is 0. The van der Waals surface area contributed by atoms with Gasteiger partial charge in [0.25, 0.3) is 0 Å². The third-order valence-electron chi connectivity index (χ3n) is 3.95. The fraction of sp³-hybridized carbons (Fsp3) is 0.400. The van der Waals surface area contributed by atoms with E-state index in [-0.39, 0.29) is 12.3 Å². The van der Waals surface area contributed by atoms with Gasteiger partial charge in [-0.25, -0.2) is 4.79 Å². The highest BCUT2D eigenvalue weighted by Gasteiger charge is 2.26. The van der Waals surface area contributed by atoms with Gasteiger partial charge < -0.3 is 15.1 Å². The molecule has 2 heterocycles. The van der Waals surface area contributed by atoms with Crippen LogP contribution in [0, 0.1) is 0 Å². The summed E-state index contributed by atoms with van der Waals surface area (Å²) in [6, 6.07) is 7.01. The number of aliphatic hydroxyl groups is 1. The number of anilines is 1. The van der Waals surface area contributed by atoms with Crippen molar-refractivity contribution in [2.24, 2.45) is 0 Å². The first-order chi connectivity index (χ1) is 11.6. The van der Waals surface area contributed by atoms with E-state index in [9.17, 15) is 9.90 Å². The van der Waals surface area contributed by atoms with Crippen molar-refractivity contribution in [2.45, 2.75) is 0 Å². The Morgan fingerprint density at radius 3 is 2.50 bits per heavy atom. The van der Waals surface area contributed by atoms with Crippen molar-refractivity contribution in [3.63, 3.8) is 0 Å². The molecule has 0 spiro atoms. The van der Waals surface area contributed by atoms with Gasteiger partial charge in [0, 0.05) is 32.7 Å². The summed E-state index contributed by atoms with van der Waals surface area (Å²) in [6.07, 6.45) is 0. The molecule has 2 N–H and O–H groups in total. The molecule has 3 rings (SSSR count). The Labute approximate surface area is 143 Å². The van der Waals surface area contributed by atoms with Crippen LogP contribution >= 0.6 is 11.6 Å². The highest BCUT2D eigenvalue weighted by Crippen LogP contribution is 2.23. The number of rotatable bonds is 5. The summed E-state index contributed by atoms with van der Waals surface area (Å²) in [5, 5.41) is 27.3. The number of carboxylic acid groups (broad SMARTS) is 1. The minimum Gasteiger partial charge on any atom is -0.476 e. The van der Waals surface area contributed by atoms with Crippen LogP contribution in [0.25, 0.3) is 5.69 Å². The molecule has 2 aromatic rings. The van der Waals surface area contributed by atoms with Gasteiger partial charge in [-0.2, -0.15) is 0 Å². The van der Waals surface area contributed by atoms with Gasteiger partial charge in [-0.15, -0.1) is 15.0 Å². The first kappa shape index (κ1) is 16.7. The lowest BCUT2D eigenvalue weighted by Gasteiger charge is -2.34. The van der Waals surface area contributed by atoms with E-state index >= 15 is 0 Å². The average molecular weight is 352 g/mol. The molecular formula is C15H18ClN5O3. The Morgan fingerprint density at radius 1 is 1.17 bits per heavy atom. The zero-order valence-corrected chi connectivity index (χ0v) is 13.7. The van der Waals surface area contributed by atoms with Crippen molar-refractivity contribution in [1.29, 1.82) is 0 Å².